The van der Waals surface area contributed by atoms with Gasteiger partial charge in [-0.15, -0.1) is 0 Å². The number of nitrogens with zero attached hydrogens (tertiary/aromatic N) is 1. The summed E-state index contributed by atoms with van der Waals surface area (Å²) in [5, 5.41) is 0. The quantitative estimate of drug-likeness (QED) is 0.610. The predicted molar refractivity (Wildman–Crippen MR) is 103 cm³/mol. The van der Waals surface area contributed by atoms with Gasteiger partial charge in [0.1, 0.15) is 5.75 Å². The normalized spacial score (nSPS) is 11.1. The molecule has 2 rings (SSSR count). The van der Waals surface area contributed by atoms with E-state index in [0.29, 0.717) is 21.5 Å². The summed E-state index contributed by atoms with van der Waals surface area (Å²) in [5.41, 5.74) is 0.693. The van der Waals surface area contributed by atoms with Crippen LogP contribution in [-0.4, -0.2) is 34.6 Å². The minimum absolute atomic E-state index is 0.119. The summed E-state index contributed by atoms with van der Waals surface area (Å²) in [5.74, 6) is 0.0475. The molecule has 0 heterocycles. The highest BCUT2D eigenvalue weighted by atomic mass is 79.9. The molecule has 0 N–H and O–H groups in total. The molecule has 0 saturated carbocycles. The van der Waals surface area contributed by atoms with Gasteiger partial charge in [0.2, 0.25) is 0 Å². The Balaban J connectivity index is 2.45. The van der Waals surface area contributed by atoms with Gasteiger partial charge >= 0.3 is 5.97 Å². The van der Waals surface area contributed by atoms with Crippen LogP contribution in [0.1, 0.15) is 24.2 Å². The maximum atomic E-state index is 13.1. The average molecular weight is 442 g/mol. The van der Waals surface area contributed by atoms with Crippen molar-refractivity contribution >= 4 is 37.6 Å². The van der Waals surface area contributed by atoms with E-state index >= 15 is 0 Å². The molecule has 2 aromatic rings. The van der Waals surface area contributed by atoms with Gasteiger partial charge in [-0.25, -0.2) is 13.2 Å². The third-order valence-electron chi connectivity index (χ3n) is 3.64. The molecular formula is C18H20BrNO5S. The van der Waals surface area contributed by atoms with Crippen molar-refractivity contribution in [1.29, 1.82) is 0 Å². The fourth-order valence-corrected chi connectivity index (χ4v) is 4.61. The monoisotopic (exact) mass is 441 g/mol. The Hall–Kier alpha value is -2.06. The molecule has 0 fully saturated rings. The Morgan fingerprint density at radius 1 is 1.15 bits per heavy atom. The SMILES string of the molecule is CCOC(=O)c1cccc(N(CC)S(=O)(=O)c2ccc(OC)c(Br)c2)c1. The zero-order valence-electron chi connectivity index (χ0n) is 14.7. The van der Waals surface area contributed by atoms with Crippen LogP contribution in [0.4, 0.5) is 5.69 Å². The molecule has 0 radical (unpaired) electrons. The maximum Gasteiger partial charge on any atom is 0.338 e. The fraction of sp³-hybridized carbons (Fsp3) is 0.278. The molecule has 26 heavy (non-hydrogen) atoms. The van der Waals surface area contributed by atoms with E-state index < -0.39 is 16.0 Å². The van der Waals surface area contributed by atoms with Crippen molar-refractivity contribution in [3.63, 3.8) is 0 Å². The number of benzene rings is 2. The van der Waals surface area contributed by atoms with Gasteiger partial charge in [-0.05, 0) is 66.2 Å². The summed E-state index contributed by atoms with van der Waals surface area (Å²) in [6, 6.07) is 10.9. The lowest BCUT2D eigenvalue weighted by Gasteiger charge is -2.23. The Morgan fingerprint density at radius 3 is 2.46 bits per heavy atom. The lowest BCUT2D eigenvalue weighted by atomic mass is 10.2. The summed E-state index contributed by atoms with van der Waals surface area (Å²) >= 11 is 3.31. The summed E-state index contributed by atoms with van der Waals surface area (Å²) < 4.78 is 38.0. The molecule has 0 aromatic heterocycles. The molecule has 2 aromatic carbocycles. The van der Waals surface area contributed by atoms with Crippen LogP contribution in [0.15, 0.2) is 51.8 Å². The van der Waals surface area contributed by atoms with Gasteiger partial charge in [0.05, 0.1) is 34.3 Å². The Kier molecular flexibility index (Phi) is 6.66. The number of hydrogen-bond donors (Lipinski definition) is 0. The van der Waals surface area contributed by atoms with E-state index in [1.54, 1.807) is 38.1 Å². The second kappa shape index (κ2) is 8.55. The Morgan fingerprint density at radius 2 is 1.88 bits per heavy atom. The summed E-state index contributed by atoms with van der Waals surface area (Å²) in [6.45, 7) is 3.90. The van der Waals surface area contributed by atoms with Gasteiger partial charge in [-0.3, -0.25) is 4.31 Å². The minimum atomic E-state index is -3.81. The molecule has 8 heteroatoms. The largest absolute Gasteiger partial charge is 0.496 e. The van der Waals surface area contributed by atoms with Crippen molar-refractivity contribution in [2.24, 2.45) is 0 Å². The zero-order chi connectivity index (χ0) is 19.3. The van der Waals surface area contributed by atoms with E-state index in [1.807, 2.05) is 0 Å². The number of sulfonamides is 1. The average Bonchev–Trinajstić information content (AvgIpc) is 2.62. The number of esters is 1. The van der Waals surface area contributed by atoms with Crippen molar-refractivity contribution in [3.8, 4) is 5.75 Å². The van der Waals surface area contributed by atoms with E-state index in [1.165, 1.54) is 29.6 Å². The molecule has 0 aliphatic carbocycles. The van der Waals surface area contributed by atoms with E-state index in [2.05, 4.69) is 15.9 Å². The van der Waals surface area contributed by atoms with Gasteiger partial charge in [0.15, 0.2) is 0 Å². The number of halogens is 1. The van der Waals surface area contributed by atoms with Crippen LogP contribution in [0.5, 0.6) is 5.75 Å². The lowest BCUT2D eigenvalue weighted by Crippen LogP contribution is -2.31. The summed E-state index contributed by atoms with van der Waals surface area (Å²) in [4.78, 5) is 12.1. The van der Waals surface area contributed by atoms with Crippen LogP contribution >= 0.6 is 15.9 Å². The number of hydrogen-bond acceptors (Lipinski definition) is 5. The topological polar surface area (TPSA) is 72.9 Å². The standard InChI is InChI=1S/C18H20BrNO5S/c1-4-20(14-8-6-7-13(11-14)18(21)25-5-2)26(22,23)15-9-10-17(24-3)16(19)12-15/h6-12H,4-5H2,1-3H3. The number of anilines is 1. The van der Waals surface area contributed by atoms with Crippen molar-refractivity contribution in [2.45, 2.75) is 18.7 Å². The molecule has 0 spiro atoms. The maximum absolute atomic E-state index is 13.1. The van der Waals surface area contributed by atoms with Crippen molar-refractivity contribution in [3.05, 3.63) is 52.5 Å². The van der Waals surface area contributed by atoms with Crippen LogP contribution in [0, 0.1) is 0 Å². The lowest BCUT2D eigenvalue weighted by molar-refractivity contribution is 0.0526. The van der Waals surface area contributed by atoms with Crippen LogP contribution in [0.25, 0.3) is 0 Å². The first kappa shape index (κ1) is 20.3. The number of methoxy groups -OCH3 is 1. The molecule has 0 saturated heterocycles. The molecule has 0 amide bonds. The van der Waals surface area contributed by atoms with Crippen LogP contribution in [0.3, 0.4) is 0 Å². The fourth-order valence-electron chi connectivity index (χ4n) is 2.43. The van der Waals surface area contributed by atoms with E-state index in [9.17, 15) is 13.2 Å². The highest BCUT2D eigenvalue weighted by molar-refractivity contribution is 9.10. The number of rotatable bonds is 7. The van der Waals surface area contributed by atoms with E-state index in [4.69, 9.17) is 9.47 Å². The number of carbonyl (C=O) groups is 1. The number of ether oxygens (including phenoxy) is 2. The zero-order valence-corrected chi connectivity index (χ0v) is 17.1. The molecule has 0 aliphatic heterocycles. The first-order valence-corrected chi connectivity index (χ1v) is 10.2. The van der Waals surface area contributed by atoms with Crippen molar-refractivity contribution < 1.29 is 22.7 Å². The first-order valence-electron chi connectivity index (χ1n) is 7.98. The van der Waals surface area contributed by atoms with Crippen molar-refractivity contribution in [2.75, 3.05) is 24.6 Å². The van der Waals surface area contributed by atoms with Crippen LogP contribution < -0.4 is 9.04 Å². The molecule has 140 valence electrons. The van der Waals surface area contributed by atoms with E-state index in [-0.39, 0.29) is 18.0 Å². The van der Waals surface area contributed by atoms with Gasteiger partial charge in [-0.1, -0.05) is 6.07 Å². The molecule has 0 aliphatic rings. The van der Waals surface area contributed by atoms with Gasteiger partial charge in [0.25, 0.3) is 10.0 Å². The highest BCUT2D eigenvalue weighted by Gasteiger charge is 2.25. The molecule has 0 bridgehead atoms. The second-order valence-corrected chi connectivity index (χ2v) is 7.95. The third-order valence-corrected chi connectivity index (χ3v) is 6.16. The molecular weight excluding hydrogens is 422 g/mol. The van der Waals surface area contributed by atoms with Gasteiger partial charge in [0, 0.05) is 6.54 Å². The predicted octanol–water partition coefficient (Wildman–Crippen LogP) is 3.85. The highest BCUT2D eigenvalue weighted by Crippen LogP contribution is 2.30. The van der Waals surface area contributed by atoms with Gasteiger partial charge < -0.3 is 9.47 Å². The van der Waals surface area contributed by atoms with Crippen LogP contribution in [0.2, 0.25) is 0 Å². The molecule has 0 unspecified atom stereocenters. The van der Waals surface area contributed by atoms with Crippen LogP contribution in [-0.2, 0) is 14.8 Å². The Bertz CT molecular complexity index is 898. The van der Waals surface area contributed by atoms with Gasteiger partial charge in [-0.2, -0.15) is 0 Å². The first-order chi connectivity index (χ1) is 12.3. The molecule has 6 nitrogen and oxygen atoms in total. The van der Waals surface area contributed by atoms with E-state index in [0.717, 1.165) is 0 Å². The Labute approximate surface area is 161 Å². The number of carbonyl (C=O) groups excluding carboxylic acids is 1. The van der Waals surface area contributed by atoms with Crippen molar-refractivity contribution in [1.82, 2.24) is 0 Å². The molecule has 0 atom stereocenters. The second-order valence-electron chi connectivity index (χ2n) is 5.24. The summed E-state index contributed by atoms with van der Waals surface area (Å²) in [6.07, 6.45) is 0. The third kappa shape index (κ3) is 4.19. The summed E-state index contributed by atoms with van der Waals surface area (Å²) in [7, 11) is -2.30. The minimum Gasteiger partial charge on any atom is -0.496 e. The smallest absolute Gasteiger partial charge is 0.338 e.